The van der Waals surface area contributed by atoms with Crippen molar-refractivity contribution in [3.63, 3.8) is 0 Å². The van der Waals surface area contributed by atoms with Crippen LogP contribution in [0.4, 0.5) is 5.69 Å². The third kappa shape index (κ3) is 4.78. The first-order valence-electron chi connectivity index (χ1n) is 12.3. The van der Waals surface area contributed by atoms with Crippen LogP contribution in [0, 0.1) is 0 Å². The van der Waals surface area contributed by atoms with Crippen LogP contribution in [0.2, 0.25) is 0 Å². The fourth-order valence-corrected chi connectivity index (χ4v) is 4.86. The Morgan fingerprint density at radius 1 is 0.969 bits per heavy atom. The first-order valence-corrected chi connectivity index (χ1v) is 12.3. The molecule has 5 nitrogen and oxygen atoms in total. The van der Waals surface area contributed by atoms with Crippen LogP contribution in [0.3, 0.4) is 0 Å². The van der Waals surface area contributed by atoms with E-state index in [9.17, 15) is 4.79 Å². The molecule has 3 aliphatic rings. The topological polar surface area (TPSA) is 42.0 Å². The Labute approximate surface area is 191 Å². The monoisotopic (exact) mass is 434 g/mol. The Balaban J connectivity index is 1.19. The van der Waals surface area contributed by atoms with Crippen molar-refractivity contribution in [3.8, 4) is 11.5 Å². The molecule has 0 unspecified atom stereocenters. The second-order valence-electron chi connectivity index (χ2n) is 9.27. The van der Waals surface area contributed by atoms with Crippen LogP contribution in [0.15, 0.2) is 42.5 Å². The summed E-state index contributed by atoms with van der Waals surface area (Å²) in [6, 6.07) is 14.4. The third-order valence-corrected chi connectivity index (χ3v) is 6.96. The van der Waals surface area contributed by atoms with Crippen LogP contribution in [0.25, 0.3) is 0 Å². The third-order valence-electron chi connectivity index (χ3n) is 6.96. The Bertz CT molecular complexity index is 932. The molecule has 1 atom stereocenters. The van der Waals surface area contributed by atoms with E-state index in [1.54, 1.807) is 0 Å². The molecule has 1 aliphatic carbocycles. The number of likely N-dealkylation sites (tertiary alicyclic amines) is 1. The SMILES string of the molecule is CCc1cc(N2CC[C@@H](Oc3ccc(C4CC4)cc3)C2=O)ccc1OCCN1CCCC1. The maximum absolute atomic E-state index is 13.1. The molecule has 32 heavy (non-hydrogen) atoms. The highest BCUT2D eigenvalue weighted by atomic mass is 16.5. The number of hydrogen-bond donors (Lipinski definition) is 0. The minimum Gasteiger partial charge on any atom is -0.492 e. The van der Waals surface area contributed by atoms with E-state index in [2.05, 4.69) is 30.0 Å². The number of nitrogens with zero attached hydrogens (tertiary/aromatic N) is 2. The Morgan fingerprint density at radius 3 is 2.47 bits per heavy atom. The second-order valence-corrected chi connectivity index (χ2v) is 9.27. The number of amides is 1. The van der Waals surface area contributed by atoms with Gasteiger partial charge in [-0.2, -0.15) is 0 Å². The Morgan fingerprint density at radius 2 is 1.75 bits per heavy atom. The summed E-state index contributed by atoms with van der Waals surface area (Å²) >= 11 is 0. The molecule has 1 saturated carbocycles. The predicted molar refractivity (Wildman–Crippen MR) is 127 cm³/mol. The van der Waals surface area contributed by atoms with E-state index in [0.717, 1.165) is 41.6 Å². The summed E-state index contributed by atoms with van der Waals surface area (Å²) in [5.74, 6) is 2.49. The molecule has 5 rings (SSSR count). The van der Waals surface area contributed by atoms with Crippen LogP contribution in [0.1, 0.15) is 56.1 Å². The normalized spacial score (nSPS) is 21.3. The molecule has 3 fully saturated rings. The summed E-state index contributed by atoms with van der Waals surface area (Å²) < 4.78 is 12.2. The van der Waals surface area contributed by atoms with E-state index in [0.29, 0.717) is 19.6 Å². The quantitative estimate of drug-likeness (QED) is 0.569. The van der Waals surface area contributed by atoms with E-state index >= 15 is 0 Å². The lowest BCUT2D eigenvalue weighted by atomic mass is 10.1. The molecular weight excluding hydrogens is 400 g/mol. The molecule has 2 aromatic carbocycles. The van der Waals surface area contributed by atoms with Crippen molar-refractivity contribution >= 4 is 11.6 Å². The number of rotatable bonds is 9. The number of aryl methyl sites for hydroxylation is 1. The Kier molecular flexibility index (Phi) is 6.35. The number of carbonyl (C=O) groups excluding carboxylic acids is 1. The van der Waals surface area contributed by atoms with Gasteiger partial charge in [-0.3, -0.25) is 9.69 Å². The molecule has 2 heterocycles. The molecule has 0 radical (unpaired) electrons. The first-order chi connectivity index (χ1) is 15.7. The summed E-state index contributed by atoms with van der Waals surface area (Å²) in [7, 11) is 0. The van der Waals surface area contributed by atoms with Crippen LogP contribution >= 0.6 is 0 Å². The van der Waals surface area contributed by atoms with Crippen molar-refractivity contribution in [1.29, 1.82) is 0 Å². The van der Waals surface area contributed by atoms with Crippen molar-refractivity contribution < 1.29 is 14.3 Å². The average molecular weight is 435 g/mol. The molecule has 0 spiro atoms. The highest BCUT2D eigenvalue weighted by molar-refractivity contribution is 5.99. The van der Waals surface area contributed by atoms with Gasteiger partial charge in [-0.15, -0.1) is 0 Å². The van der Waals surface area contributed by atoms with Gasteiger partial charge in [0.25, 0.3) is 5.91 Å². The highest BCUT2D eigenvalue weighted by Crippen LogP contribution is 2.40. The maximum Gasteiger partial charge on any atom is 0.268 e. The second kappa shape index (κ2) is 9.53. The van der Waals surface area contributed by atoms with Gasteiger partial charge in [0.15, 0.2) is 6.10 Å². The lowest BCUT2D eigenvalue weighted by Gasteiger charge is -2.20. The molecule has 2 aliphatic heterocycles. The zero-order valence-corrected chi connectivity index (χ0v) is 19.1. The summed E-state index contributed by atoms with van der Waals surface area (Å²) in [5.41, 5.74) is 3.47. The zero-order chi connectivity index (χ0) is 21.9. The van der Waals surface area contributed by atoms with Crippen LogP contribution < -0.4 is 14.4 Å². The largest absolute Gasteiger partial charge is 0.492 e. The minimum absolute atomic E-state index is 0.0426. The minimum atomic E-state index is -0.414. The molecule has 2 saturated heterocycles. The molecule has 1 amide bonds. The summed E-state index contributed by atoms with van der Waals surface area (Å²) in [6.07, 6.45) is 6.35. The molecular formula is C27H34N2O3. The lowest BCUT2D eigenvalue weighted by Crippen LogP contribution is -2.32. The standard InChI is InChI=1S/C27H34N2O3/c1-2-20-19-23(9-12-25(20)31-18-17-28-14-3-4-15-28)29-16-13-26(27(29)30)32-24-10-7-22(8-11-24)21-5-6-21/h7-12,19,21,26H,2-6,13-18H2,1H3/t26-/m1/s1. The van der Waals surface area contributed by atoms with Crippen LogP contribution in [0.5, 0.6) is 11.5 Å². The summed E-state index contributed by atoms with van der Waals surface area (Å²) in [4.78, 5) is 17.4. The molecule has 2 aromatic rings. The van der Waals surface area contributed by atoms with E-state index in [1.807, 2.05) is 29.2 Å². The number of anilines is 1. The number of carbonyl (C=O) groups is 1. The van der Waals surface area contributed by atoms with Gasteiger partial charge in [0, 0.05) is 25.2 Å². The van der Waals surface area contributed by atoms with Gasteiger partial charge in [-0.05, 0) is 92.6 Å². The molecule has 0 N–H and O–H groups in total. The van der Waals surface area contributed by atoms with Gasteiger partial charge in [-0.25, -0.2) is 0 Å². The van der Waals surface area contributed by atoms with Crippen LogP contribution in [-0.4, -0.2) is 49.7 Å². The van der Waals surface area contributed by atoms with Gasteiger partial charge in [-0.1, -0.05) is 19.1 Å². The van der Waals surface area contributed by atoms with Gasteiger partial charge in [0.05, 0.1) is 0 Å². The van der Waals surface area contributed by atoms with E-state index in [1.165, 1.54) is 44.3 Å². The fourth-order valence-electron chi connectivity index (χ4n) is 4.86. The van der Waals surface area contributed by atoms with Gasteiger partial charge in [0.1, 0.15) is 18.1 Å². The van der Waals surface area contributed by atoms with Crippen molar-refractivity contribution in [2.45, 2.75) is 57.5 Å². The average Bonchev–Trinajstić information content (AvgIpc) is 3.43. The summed E-state index contributed by atoms with van der Waals surface area (Å²) in [5, 5.41) is 0. The van der Waals surface area contributed by atoms with Crippen molar-refractivity contribution in [2.75, 3.05) is 37.7 Å². The van der Waals surface area contributed by atoms with E-state index < -0.39 is 6.10 Å². The number of hydrogen-bond acceptors (Lipinski definition) is 4. The highest BCUT2D eigenvalue weighted by Gasteiger charge is 2.34. The lowest BCUT2D eigenvalue weighted by molar-refractivity contribution is -0.122. The van der Waals surface area contributed by atoms with Crippen molar-refractivity contribution in [1.82, 2.24) is 4.90 Å². The first kappa shape index (κ1) is 21.3. The smallest absolute Gasteiger partial charge is 0.268 e. The fraction of sp³-hybridized carbons (Fsp3) is 0.519. The molecule has 0 aromatic heterocycles. The maximum atomic E-state index is 13.1. The van der Waals surface area contributed by atoms with Crippen molar-refractivity contribution in [2.24, 2.45) is 0 Å². The Hall–Kier alpha value is -2.53. The van der Waals surface area contributed by atoms with Crippen LogP contribution in [-0.2, 0) is 11.2 Å². The zero-order valence-electron chi connectivity index (χ0n) is 19.1. The number of ether oxygens (including phenoxy) is 2. The van der Waals surface area contributed by atoms with Crippen molar-refractivity contribution in [3.05, 3.63) is 53.6 Å². The number of benzene rings is 2. The van der Waals surface area contributed by atoms with Gasteiger partial charge in [0.2, 0.25) is 0 Å². The molecule has 5 heteroatoms. The van der Waals surface area contributed by atoms with E-state index in [4.69, 9.17) is 9.47 Å². The van der Waals surface area contributed by atoms with E-state index in [-0.39, 0.29) is 5.91 Å². The van der Waals surface area contributed by atoms with Gasteiger partial charge < -0.3 is 14.4 Å². The predicted octanol–water partition coefficient (Wildman–Crippen LogP) is 4.79. The summed E-state index contributed by atoms with van der Waals surface area (Å²) in [6.45, 7) is 6.89. The molecule has 0 bridgehead atoms. The molecule has 170 valence electrons. The van der Waals surface area contributed by atoms with Gasteiger partial charge >= 0.3 is 0 Å².